The molecule has 0 radical (unpaired) electrons. The van der Waals surface area contributed by atoms with Crippen molar-refractivity contribution < 1.29 is 4.74 Å². The third kappa shape index (κ3) is 3.97. The van der Waals surface area contributed by atoms with Crippen molar-refractivity contribution in [2.45, 2.75) is 6.61 Å². The molecule has 0 saturated heterocycles. The van der Waals surface area contributed by atoms with Gasteiger partial charge in [0, 0.05) is 16.1 Å². The van der Waals surface area contributed by atoms with E-state index in [0.29, 0.717) is 6.61 Å². The van der Waals surface area contributed by atoms with E-state index in [1.807, 2.05) is 54.6 Å². The molecule has 0 unspecified atom stereocenters. The second kappa shape index (κ2) is 6.77. The Hall–Kier alpha value is -2.05. The van der Waals surface area contributed by atoms with Gasteiger partial charge in [-0.15, -0.1) is 0 Å². The maximum Gasteiger partial charge on any atom is 0.127 e. The molecule has 0 saturated carbocycles. The van der Waals surface area contributed by atoms with Gasteiger partial charge < -0.3 is 4.74 Å². The molecule has 0 aliphatic rings. The fourth-order valence-corrected chi connectivity index (χ4v) is 1.88. The number of rotatable bonds is 4. The highest BCUT2D eigenvalue weighted by Gasteiger charge is 2.00. The Morgan fingerprint density at radius 3 is 2.58 bits per heavy atom. The summed E-state index contributed by atoms with van der Waals surface area (Å²) in [6, 6.07) is 17.6. The minimum absolute atomic E-state index is 0.505. The number of ether oxygens (including phenoxy) is 1. The van der Waals surface area contributed by atoms with Gasteiger partial charge in [-0.2, -0.15) is 5.26 Å². The summed E-state index contributed by atoms with van der Waals surface area (Å²) in [6.45, 7) is 0.505. The summed E-state index contributed by atoms with van der Waals surface area (Å²) in [5.74, 6) is 0.775. The monoisotopic (exact) mass is 313 g/mol. The molecule has 94 valence electrons. The van der Waals surface area contributed by atoms with E-state index in [0.717, 1.165) is 21.3 Å². The average Bonchev–Trinajstić information content (AvgIpc) is 2.45. The lowest BCUT2D eigenvalue weighted by Gasteiger charge is -2.09. The average molecular weight is 314 g/mol. The highest BCUT2D eigenvalue weighted by atomic mass is 79.9. The highest BCUT2D eigenvalue weighted by molar-refractivity contribution is 9.10. The van der Waals surface area contributed by atoms with Gasteiger partial charge in [0.2, 0.25) is 0 Å². The number of nitriles is 1. The number of hydrogen-bond donors (Lipinski definition) is 0. The molecule has 0 atom stereocenters. The van der Waals surface area contributed by atoms with Gasteiger partial charge in [0.1, 0.15) is 12.4 Å². The fourth-order valence-electron chi connectivity index (χ4n) is 1.62. The minimum Gasteiger partial charge on any atom is -0.488 e. The first-order valence-electron chi connectivity index (χ1n) is 5.82. The van der Waals surface area contributed by atoms with Gasteiger partial charge in [-0.25, -0.2) is 0 Å². The number of halogens is 1. The second-order valence-corrected chi connectivity index (χ2v) is 4.83. The smallest absolute Gasteiger partial charge is 0.127 e. The van der Waals surface area contributed by atoms with Gasteiger partial charge in [0.25, 0.3) is 0 Å². The van der Waals surface area contributed by atoms with Crippen LogP contribution in [0.15, 0.2) is 59.1 Å². The van der Waals surface area contributed by atoms with Crippen molar-refractivity contribution in [3.63, 3.8) is 0 Å². The van der Waals surface area contributed by atoms with Crippen molar-refractivity contribution >= 4 is 22.0 Å². The van der Waals surface area contributed by atoms with E-state index in [2.05, 4.69) is 15.9 Å². The van der Waals surface area contributed by atoms with E-state index in [9.17, 15) is 0 Å². The van der Waals surface area contributed by atoms with Crippen molar-refractivity contribution in [1.29, 1.82) is 5.26 Å². The number of nitrogens with zero attached hydrogens (tertiary/aromatic N) is 1. The first-order valence-corrected chi connectivity index (χ1v) is 6.61. The topological polar surface area (TPSA) is 33.0 Å². The van der Waals surface area contributed by atoms with Crippen molar-refractivity contribution in [3.8, 4) is 11.8 Å². The molecule has 2 aromatic carbocycles. The lowest BCUT2D eigenvalue weighted by molar-refractivity contribution is 0.305. The van der Waals surface area contributed by atoms with Crippen LogP contribution < -0.4 is 4.74 Å². The zero-order valence-electron chi connectivity index (χ0n) is 10.2. The number of hydrogen-bond acceptors (Lipinski definition) is 2. The molecule has 0 spiro atoms. The Morgan fingerprint density at radius 2 is 1.84 bits per heavy atom. The Labute approximate surface area is 121 Å². The molecule has 0 amide bonds. The lowest BCUT2D eigenvalue weighted by atomic mass is 10.2. The normalized spacial score (nSPS) is 10.3. The van der Waals surface area contributed by atoms with Gasteiger partial charge in [-0.3, -0.25) is 0 Å². The highest BCUT2D eigenvalue weighted by Crippen LogP contribution is 2.21. The van der Waals surface area contributed by atoms with Gasteiger partial charge in [0.05, 0.1) is 6.07 Å². The second-order valence-electron chi connectivity index (χ2n) is 3.92. The Balaban J connectivity index is 2.09. The van der Waals surface area contributed by atoms with Crippen LogP contribution in [0.4, 0.5) is 0 Å². The van der Waals surface area contributed by atoms with Crippen LogP contribution in [0.25, 0.3) is 6.08 Å². The zero-order chi connectivity index (χ0) is 13.5. The van der Waals surface area contributed by atoms with Gasteiger partial charge in [-0.1, -0.05) is 46.3 Å². The van der Waals surface area contributed by atoms with Crippen LogP contribution in [0.3, 0.4) is 0 Å². The van der Waals surface area contributed by atoms with E-state index in [1.54, 1.807) is 6.08 Å². The standard InChI is InChI=1S/C16H12BrNO/c17-15-9-7-13(8-10-15)12-19-16-6-2-1-4-14(16)5-3-11-18/h1-10H,12H2/b5-3+. The third-order valence-corrected chi connectivity index (χ3v) is 3.09. The van der Waals surface area contributed by atoms with Crippen LogP contribution in [0.5, 0.6) is 5.75 Å². The van der Waals surface area contributed by atoms with Crippen molar-refractivity contribution in [1.82, 2.24) is 0 Å². The molecular formula is C16H12BrNO. The summed E-state index contributed by atoms with van der Waals surface area (Å²) in [5, 5.41) is 8.57. The number of allylic oxidation sites excluding steroid dienone is 1. The summed E-state index contributed by atoms with van der Waals surface area (Å²) < 4.78 is 6.83. The lowest BCUT2D eigenvalue weighted by Crippen LogP contribution is -1.96. The van der Waals surface area contributed by atoms with E-state index in [-0.39, 0.29) is 0 Å². The van der Waals surface area contributed by atoms with Gasteiger partial charge in [-0.05, 0) is 29.8 Å². The Kier molecular flexibility index (Phi) is 4.77. The van der Waals surface area contributed by atoms with Crippen LogP contribution in [-0.4, -0.2) is 0 Å². The van der Waals surface area contributed by atoms with Crippen LogP contribution in [0.1, 0.15) is 11.1 Å². The van der Waals surface area contributed by atoms with E-state index >= 15 is 0 Å². The molecular weight excluding hydrogens is 302 g/mol. The van der Waals surface area contributed by atoms with Crippen molar-refractivity contribution in [3.05, 3.63) is 70.2 Å². The van der Waals surface area contributed by atoms with Crippen molar-refractivity contribution in [2.24, 2.45) is 0 Å². The molecule has 0 aliphatic heterocycles. The molecule has 2 aromatic rings. The minimum atomic E-state index is 0.505. The summed E-state index contributed by atoms with van der Waals surface area (Å²) in [6.07, 6.45) is 3.19. The van der Waals surface area contributed by atoms with E-state index in [1.165, 1.54) is 6.08 Å². The predicted molar refractivity (Wildman–Crippen MR) is 79.6 cm³/mol. The van der Waals surface area contributed by atoms with Crippen molar-refractivity contribution in [2.75, 3.05) is 0 Å². The van der Waals surface area contributed by atoms with E-state index < -0.39 is 0 Å². The summed E-state index contributed by atoms with van der Waals surface area (Å²) in [5.41, 5.74) is 2.00. The molecule has 2 rings (SSSR count). The first-order chi connectivity index (χ1) is 9.29. The first kappa shape index (κ1) is 13.4. The maximum absolute atomic E-state index is 8.57. The molecule has 0 bridgehead atoms. The molecule has 3 heteroatoms. The Morgan fingerprint density at radius 1 is 1.11 bits per heavy atom. The third-order valence-electron chi connectivity index (χ3n) is 2.56. The van der Waals surface area contributed by atoms with Crippen LogP contribution in [-0.2, 0) is 6.61 Å². The molecule has 0 heterocycles. The maximum atomic E-state index is 8.57. The number of para-hydroxylation sites is 1. The molecule has 19 heavy (non-hydrogen) atoms. The van der Waals surface area contributed by atoms with Crippen LogP contribution in [0, 0.1) is 11.3 Å². The molecule has 0 N–H and O–H groups in total. The number of benzene rings is 2. The summed E-state index contributed by atoms with van der Waals surface area (Å²) in [7, 11) is 0. The quantitative estimate of drug-likeness (QED) is 0.775. The van der Waals surface area contributed by atoms with Gasteiger partial charge >= 0.3 is 0 Å². The molecule has 0 fully saturated rings. The van der Waals surface area contributed by atoms with Crippen LogP contribution in [0.2, 0.25) is 0 Å². The van der Waals surface area contributed by atoms with Gasteiger partial charge in [0.15, 0.2) is 0 Å². The SMILES string of the molecule is N#C/C=C/c1ccccc1OCc1ccc(Br)cc1. The molecule has 0 aromatic heterocycles. The zero-order valence-corrected chi connectivity index (χ0v) is 11.8. The van der Waals surface area contributed by atoms with E-state index in [4.69, 9.17) is 10.00 Å². The Bertz CT molecular complexity index is 611. The predicted octanol–water partition coefficient (Wildman–Crippen LogP) is 4.56. The summed E-state index contributed by atoms with van der Waals surface area (Å²) >= 11 is 3.40. The summed E-state index contributed by atoms with van der Waals surface area (Å²) in [4.78, 5) is 0. The molecule has 0 aliphatic carbocycles. The largest absolute Gasteiger partial charge is 0.488 e. The molecule has 2 nitrogen and oxygen atoms in total. The fraction of sp³-hybridized carbons (Fsp3) is 0.0625. The van der Waals surface area contributed by atoms with Crippen LogP contribution >= 0.6 is 15.9 Å².